The molecule has 0 atom stereocenters. The first-order valence-electron chi connectivity index (χ1n) is 5.97. The molecule has 5 nitrogen and oxygen atoms in total. The van der Waals surface area contributed by atoms with Gasteiger partial charge in [-0.2, -0.15) is 8.42 Å². The van der Waals surface area contributed by atoms with Gasteiger partial charge in [0.15, 0.2) is 0 Å². The summed E-state index contributed by atoms with van der Waals surface area (Å²) in [7, 11) is -3.90. The summed E-state index contributed by atoms with van der Waals surface area (Å²) < 4.78 is 28.0. The maximum Gasteiger partial charge on any atom is 0.355 e. The highest BCUT2D eigenvalue weighted by Gasteiger charge is 2.18. The Morgan fingerprint density at radius 2 is 1.85 bits per heavy atom. The lowest BCUT2D eigenvalue weighted by Crippen LogP contribution is -2.17. The number of carbonyl (C=O) groups excluding carboxylic acids is 1. The second kappa shape index (κ2) is 6.29. The molecule has 1 aromatic heterocycles. The van der Waals surface area contributed by atoms with Gasteiger partial charge in [0, 0.05) is 12.4 Å². The van der Waals surface area contributed by atoms with Crippen LogP contribution in [0.15, 0.2) is 54.9 Å². The second-order valence-electron chi connectivity index (χ2n) is 4.11. The molecule has 0 radical (unpaired) electrons. The quantitative estimate of drug-likeness (QED) is 0.785. The number of benzene rings is 1. The number of hydrogen-bond donors (Lipinski definition) is 0. The SMILES string of the molecule is O=C(OS(=O)(=O)CCc1ccccc1)c1cccnc1. The molecular formula is C14H13NO4S. The van der Waals surface area contributed by atoms with E-state index in [1.54, 1.807) is 0 Å². The highest BCUT2D eigenvalue weighted by Crippen LogP contribution is 2.07. The molecule has 0 aliphatic carbocycles. The molecule has 0 aliphatic rings. The Labute approximate surface area is 117 Å². The van der Waals surface area contributed by atoms with Crippen molar-refractivity contribution in [1.82, 2.24) is 4.98 Å². The molecule has 20 heavy (non-hydrogen) atoms. The van der Waals surface area contributed by atoms with Crippen LogP contribution in [0.5, 0.6) is 0 Å². The highest BCUT2D eigenvalue weighted by atomic mass is 32.2. The molecule has 0 saturated carbocycles. The number of carbonyl (C=O) groups is 1. The Balaban J connectivity index is 1.96. The fourth-order valence-electron chi connectivity index (χ4n) is 1.58. The van der Waals surface area contributed by atoms with Gasteiger partial charge < -0.3 is 4.18 Å². The molecule has 2 rings (SSSR count). The van der Waals surface area contributed by atoms with Crippen LogP contribution in [0.3, 0.4) is 0 Å². The van der Waals surface area contributed by atoms with Crippen molar-refractivity contribution < 1.29 is 17.4 Å². The van der Waals surface area contributed by atoms with Gasteiger partial charge in [0.05, 0.1) is 11.3 Å². The lowest BCUT2D eigenvalue weighted by Gasteiger charge is -2.05. The minimum atomic E-state index is -3.90. The summed E-state index contributed by atoms with van der Waals surface area (Å²) in [5, 5.41) is 0. The van der Waals surface area contributed by atoms with Crippen LogP contribution in [-0.2, 0) is 20.7 Å². The summed E-state index contributed by atoms with van der Waals surface area (Å²) in [5.74, 6) is -1.16. The lowest BCUT2D eigenvalue weighted by atomic mass is 10.2. The van der Waals surface area contributed by atoms with Crippen molar-refractivity contribution >= 4 is 16.1 Å². The normalized spacial score (nSPS) is 11.0. The molecule has 6 heteroatoms. The first-order valence-corrected chi connectivity index (χ1v) is 7.55. The third-order valence-electron chi connectivity index (χ3n) is 2.58. The van der Waals surface area contributed by atoms with E-state index in [0.717, 1.165) is 5.56 Å². The third-order valence-corrected chi connectivity index (χ3v) is 3.69. The average Bonchev–Trinajstić information content (AvgIpc) is 2.47. The zero-order chi connectivity index (χ0) is 14.4. The van der Waals surface area contributed by atoms with E-state index in [0.29, 0.717) is 6.42 Å². The molecule has 2 aromatic rings. The smallest absolute Gasteiger partial charge is 0.341 e. The molecule has 1 heterocycles. The van der Waals surface area contributed by atoms with Gasteiger partial charge in [0.2, 0.25) is 0 Å². The lowest BCUT2D eigenvalue weighted by molar-refractivity contribution is 0.0746. The largest absolute Gasteiger partial charge is 0.355 e. The van der Waals surface area contributed by atoms with E-state index >= 15 is 0 Å². The molecule has 0 saturated heterocycles. The summed E-state index contributed by atoms with van der Waals surface area (Å²) in [5.41, 5.74) is 0.976. The predicted molar refractivity (Wildman–Crippen MR) is 73.6 cm³/mol. The van der Waals surface area contributed by atoms with Gasteiger partial charge in [0.25, 0.3) is 0 Å². The fraction of sp³-hybridized carbons (Fsp3) is 0.143. The first-order chi connectivity index (χ1) is 9.57. The maximum atomic E-state index is 11.7. The van der Waals surface area contributed by atoms with Crippen LogP contribution >= 0.6 is 0 Å². The Morgan fingerprint density at radius 1 is 1.10 bits per heavy atom. The van der Waals surface area contributed by atoms with Crippen LogP contribution < -0.4 is 0 Å². The van der Waals surface area contributed by atoms with Crippen LogP contribution in [0.4, 0.5) is 0 Å². The zero-order valence-corrected chi connectivity index (χ0v) is 11.4. The second-order valence-corrected chi connectivity index (χ2v) is 5.80. The van der Waals surface area contributed by atoms with E-state index in [2.05, 4.69) is 9.17 Å². The van der Waals surface area contributed by atoms with Crippen molar-refractivity contribution in [3.05, 3.63) is 66.0 Å². The number of aryl methyl sites for hydroxylation is 1. The predicted octanol–water partition coefficient (Wildman–Crippen LogP) is 1.81. The van der Waals surface area contributed by atoms with Crippen LogP contribution in [-0.4, -0.2) is 25.1 Å². The molecule has 0 N–H and O–H groups in total. The Bertz CT molecular complexity index is 669. The van der Waals surface area contributed by atoms with Gasteiger partial charge >= 0.3 is 16.1 Å². The summed E-state index contributed by atoms with van der Waals surface area (Å²) in [6.45, 7) is 0. The molecule has 104 valence electrons. The summed E-state index contributed by atoms with van der Waals surface area (Å²) >= 11 is 0. The van der Waals surface area contributed by atoms with Gasteiger partial charge in [-0.05, 0) is 24.1 Å². The number of pyridine rings is 1. The van der Waals surface area contributed by atoms with E-state index in [9.17, 15) is 13.2 Å². The molecule has 0 fully saturated rings. The highest BCUT2D eigenvalue weighted by molar-refractivity contribution is 7.87. The van der Waals surface area contributed by atoms with E-state index in [1.165, 1.54) is 24.5 Å². The fourth-order valence-corrected chi connectivity index (χ4v) is 2.47. The van der Waals surface area contributed by atoms with E-state index in [1.807, 2.05) is 30.3 Å². The van der Waals surface area contributed by atoms with Crippen molar-refractivity contribution in [3.8, 4) is 0 Å². The van der Waals surface area contributed by atoms with Crippen molar-refractivity contribution in [2.24, 2.45) is 0 Å². The molecule has 0 amide bonds. The first kappa shape index (κ1) is 14.2. The van der Waals surface area contributed by atoms with Crippen LogP contribution in [0.2, 0.25) is 0 Å². The summed E-state index contributed by atoms with van der Waals surface area (Å²) in [6.07, 6.45) is 3.04. The standard InChI is InChI=1S/C14H13NO4S/c16-14(13-7-4-9-15-11-13)19-20(17,18)10-8-12-5-2-1-3-6-12/h1-7,9,11H,8,10H2. The Hall–Kier alpha value is -2.21. The number of rotatable bonds is 5. The van der Waals surface area contributed by atoms with Crippen molar-refractivity contribution in [3.63, 3.8) is 0 Å². The third kappa shape index (κ3) is 4.17. The molecule has 0 bridgehead atoms. The van der Waals surface area contributed by atoms with Gasteiger partial charge in [-0.1, -0.05) is 30.3 Å². The van der Waals surface area contributed by atoms with Crippen molar-refractivity contribution in [2.75, 3.05) is 5.75 Å². The van der Waals surface area contributed by atoms with Gasteiger partial charge in [-0.15, -0.1) is 0 Å². The van der Waals surface area contributed by atoms with E-state index in [-0.39, 0.29) is 11.3 Å². The minimum Gasteiger partial charge on any atom is -0.341 e. The Kier molecular flexibility index (Phi) is 4.47. The monoisotopic (exact) mass is 291 g/mol. The molecule has 0 spiro atoms. The molecule has 1 aromatic carbocycles. The van der Waals surface area contributed by atoms with Crippen molar-refractivity contribution in [1.29, 1.82) is 0 Å². The van der Waals surface area contributed by atoms with Crippen molar-refractivity contribution in [2.45, 2.75) is 6.42 Å². The van der Waals surface area contributed by atoms with Crippen LogP contribution in [0.25, 0.3) is 0 Å². The van der Waals surface area contributed by atoms with Gasteiger partial charge in [-0.25, -0.2) is 4.79 Å². The molecule has 0 aliphatic heterocycles. The van der Waals surface area contributed by atoms with Gasteiger partial charge in [0.1, 0.15) is 0 Å². The molecular weight excluding hydrogens is 278 g/mol. The topological polar surface area (TPSA) is 73.3 Å². The van der Waals surface area contributed by atoms with Crippen LogP contribution in [0.1, 0.15) is 15.9 Å². The molecule has 0 unspecified atom stereocenters. The Morgan fingerprint density at radius 3 is 2.50 bits per heavy atom. The average molecular weight is 291 g/mol. The zero-order valence-electron chi connectivity index (χ0n) is 10.6. The maximum absolute atomic E-state index is 11.7. The summed E-state index contributed by atoms with van der Waals surface area (Å²) in [4.78, 5) is 15.4. The van der Waals surface area contributed by atoms with E-state index < -0.39 is 16.1 Å². The summed E-state index contributed by atoms with van der Waals surface area (Å²) in [6, 6.07) is 12.1. The number of nitrogens with zero attached hydrogens (tertiary/aromatic N) is 1. The van der Waals surface area contributed by atoms with Crippen LogP contribution in [0, 0.1) is 0 Å². The van der Waals surface area contributed by atoms with E-state index in [4.69, 9.17) is 0 Å². The minimum absolute atomic E-state index is 0.107. The number of hydrogen-bond acceptors (Lipinski definition) is 5. The number of aromatic nitrogens is 1. The van der Waals surface area contributed by atoms with Gasteiger partial charge in [-0.3, -0.25) is 4.98 Å².